The van der Waals surface area contributed by atoms with Gasteiger partial charge in [-0.1, -0.05) is 37.6 Å². The van der Waals surface area contributed by atoms with Crippen LogP contribution in [0.4, 0.5) is 5.69 Å². The average Bonchev–Trinajstić information content (AvgIpc) is 2.88. The van der Waals surface area contributed by atoms with Crippen LogP contribution in [-0.4, -0.2) is 27.8 Å². The number of hydrogen-bond donors (Lipinski definition) is 1. The SMILES string of the molecule is Cc1nn(CC(C)C)c(Cl)c1C(=O)O[C@H](C)C(=O)Nc1ccccc1C#N. The molecule has 1 amide bonds. The fraction of sp³-hybridized carbons (Fsp3) is 0.368. The summed E-state index contributed by atoms with van der Waals surface area (Å²) in [6.07, 6.45) is -1.08. The smallest absolute Gasteiger partial charge is 0.343 e. The summed E-state index contributed by atoms with van der Waals surface area (Å²) in [4.78, 5) is 24.8. The third-order valence-corrected chi connectivity index (χ3v) is 4.15. The van der Waals surface area contributed by atoms with Gasteiger partial charge in [-0.25, -0.2) is 4.79 Å². The van der Waals surface area contributed by atoms with Gasteiger partial charge in [-0.15, -0.1) is 0 Å². The molecule has 1 heterocycles. The number of para-hydroxylation sites is 1. The van der Waals surface area contributed by atoms with Gasteiger partial charge in [-0.3, -0.25) is 9.48 Å². The van der Waals surface area contributed by atoms with E-state index in [1.54, 1.807) is 35.9 Å². The molecule has 0 saturated carbocycles. The van der Waals surface area contributed by atoms with Crippen molar-refractivity contribution >= 4 is 29.2 Å². The molecule has 2 rings (SSSR count). The van der Waals surface area contributed by atoms with Gasteiger partial charge in [0.15, 0.2) is 6.10 Å². The van der Waals surface area contributed by atoms with Crippen molar-refractivity contribution < 1.29 is 14.3 Å². The van der Waals surface area contributed by atoms with Crippen LogP contribution in [-0.2, 0) is 16.1 Å². The highest BCUT2D eigenvalue weighted by Gasteiger charge is 2.26. The first kappa shape index (κ1) is 20.5. The zero-order valence-electron chi connectivity index (χ0n) is 15.6. The summed E-state index contributed by atoms with van der Waals surface area (Å²) < 4.78 is 6.80. The normalized spacial score (nSPS) is 11.7. The van der Waals surface area contributed by atoms with Gasteiger partial charge in [0.1, 0.15) is 16.8 Å². The van der Waals surface area contributed by atoms with E-state index in [0.29, 0.717) is 29.4 Å². The molecule has 27 heavy (non-hydrogen) atoms. The van der Waals surface area contributed by atoms with Crippen molar-refractivity contribution in [3.05, 3.63) is 46.2 Å². The molecule has 0 unspecified atom stereocenters. The van der Waals surface area contributed by atoms with Crippen LogP contribution >= 0.6 is 11.6 Å². The topological polar surface area (TPSA) is 97.0 Å². The summed E-state index contributed by atoms with van der Waals surface area (Å²) >= 11 is 6.26. The molecule has 8 heteroatoms. The number of nitriles is 1. The number of amides is 1. The van der Waals surface area contributed by atoms with Gasteiger partial charge in [0, 0.05) is 6.54 Å². The lowest BCUT2D eigenvalue weighted by Gasteiger charge is -2.14. The number of carbonyl (C=O) groups excluding carboxylic acids is 2. The molecule has 1 atom stereocenters. The molecule has 1 aromatic heterocycles. The van der Waals surface area contributed by atoms with E-state index in [1.807, 2.05) is 19.9 Å². The Balaban J connectivity index is 2.10. The summed E-state index contributed by atoms with van der Waals surface area (Å²) in [6.45, 7) is 7.69. The second-order valence-corrected chi connectivity index (χ2v) is 6.88. The quantitative estimate of drug-likeness (QED) is 0.763. The number of hydrogen-bond acceptors (Lipinski definition) is 5. The third-order valence-electron chi connectivity index (χ3n) is 3.77. The number of rotatable bonds is 6. The van der Waals surface area contributed by atoms with Crippen molar-refractivity contribution in [1.29, 1.82) is 5.26 Å². The molecule has 142 valence electrons. The van der Waals surface area contributed by atoms with E-state index in [-0.39, 0.29) is 10.7 Å². The number of benzene rings is 1. The van der Waals surface area contributed by atoms with Crippen LogP contribution in [0.2, 0.25) is 5.15 Å². The largest absolute Gasteiger partial charge is 0.449 e. The predicted molar refractivity (Wildman–Crippen MR) is 101 cm³/mol. The van der Waals surface area contributed by atoms with Crippen LogP contribution in [0.3, 0.4) is 0 Å². The van der Waals surface area contributed by atoms with Crippen molar-refractivity contribution in [2.24, 2.45) is 5.92 Å². The molecular formula is C19H21ClN4O3. The molecule has 1 aromatic carbocycles. The van der Waals surface area contributed by atoms with Crippen LogP contribution < -0.4 is 5.32 Å². The Bertz CT molecular complexity index is 899. The van der Waals surface area contributed by atoms with Gasteiger partial charge in [-0.2, -0.15) is 10.4 Å². The second-order valence-electron chi connectivity index (χ2n) is 6.52. The predicted octanol–water partition coefficient (Wildman–Crippen LogP) is 3.56. The average molecular weight is 389 g/mol. The molecule has 0 radical (unpaired) electrons. The van der Waals surface area contributed by atoms with Gasteiger partial charge in [-0.05, 0) is 31.9 Å². The fourth-order valence-corrected chi connectivity index (χ4v) is 2.77. The van der Waals surface area contributed by atoms with Crippen molar-refractivity contribution in [2.75, 3.05) is 5.32 Å². The maximum absolute atomic E-state index is 12.5. The van der Waals surface area contributed by atoms with Crippen molar-refractivity contribution in [3.63, 3.8) is 0 Å². The molecule has 0 aliphatic rings. The molecule has 0 aliphatic heterocycles. The van der Waals surface area contributed by atoms with Crippen LogP contribution in [0, 0.1) is 24.2 Å². The number of aryl methyl sites for hydroxylation is 1. The minimum absolute atomic E-state index is 0.148. The Morgan fingerprint density at radius 3 is 2.63 bits per heavy atom. The molecular weight excluding hydrogens is 368 g/mol. The van der Waals surface area contributed by atoms with Crippen LogP contribution in [0.5, 0.6) is 0 Å². The number of aromatic nitrogens is 2. The van der Waals surface area contributed by atoms with Gasteiger partial charge in [0.05, 0.1) is 16.9 Å². The Hall–Kier alpha value is -2.85. The highest BCUT2D eigenvalue weighted by atomic mass is 35.5. The molecule has 0 saturated heterocycles. The van der Waals surface area contributed by atoms with Gasteiger partial charge in [0.2, 0.25) is 0 Å². The number of ether oxygens (including phenoxy) is 1. The fourth-order valence-electron chi connectivity index (χ4n) is 2.45. The van der Waals surface area contributed by atoms with E-state index in [2.05, 4.69) is 10.4 Å². The number of anilines is 1. The number of nitrogens with zero attached hydrogens (tertiary/aromatic N) is 3. The van der Waals surface area contributed by atoms with Gasteiger partial charge < -0.3 is 10.1 Å². The maximum Gasteiger partial charge on any atom is 0.343 e. The zero-order valence-corrected chi connectivity index (χ0v) is 16.4. The summed E-state index contributed by atoms with van der Waals surface area (Å²) in [5.41, 5.74) is 1.26. The van der Waals surface area contributed by atoms with E-state index >= 15 is 0 Å². The first-order valence-electron chi connectivity index (χ1n) is 8.48. The third kappa shape index (κ3) is 4.86. The molecule has 1 N–H and O–H groups in total. The number of nitrogens with one attached hydrogen (secondary N) is 1. The lowest BCUT2D eigenvalue weighted by Crippen LogP contribution is -2.30. The summed E-state index contributed by atoms with van der Waals surface area (Å²) in [5.74, 6) is -0.964. The monoisotopic (exact) mass is 388 g/mol. The van der Waals surface area contributed by atoms with Gasteiger partial charge >= 0.3 is 5.97 Å². The van der Waals surface area contributed by atoms with E-state index in [0.717, 1.165) is 0 Å². The van der Waals surface area contributed by atoms with Crippen LogP contribution in [0.15, 0.2) is 24.3 Å². The highest BCUT2D eigenvalue weighted by molar-refractivity contribution is 6.32. The first-order chi connectivity index (χ1) is 12.7. The first-order valence-corrected chi connectivity index (χ1v) is 8.86. The highest BCUT2D eigenvalue weighted by Crippen LogP contribution is 2.22. The molecule has 7 nitrogen and oxygen atoms in total. The molecule has 0 aliphatic carbocycles. The van der Waals surface area contributed by atoms with Gasteiger partial charge in [0.25, 0.3) is 5.91 Å². The van der Waals surface area contributed by atoms with Crippen LogP contribution in [0.25, 0.3) is 0 Å². The molecule has 0 bridgehead atoms. The van der Waals surface area contributed by atoms with E-state index in [9.17, 15) is 9.59 Å². The Kier molecular flexibility index (Phi) is 6.59. The number of carbonyl (C=O) groups is 2. The van der Waals surface area contributed by atoms with Crippen LogP contribution in [0.1, 0.15) is 42.4 Å². The van der Waals surface area contributed by atoms with E-state index in [4.69, 9.17) is 21.6 Å². The number of halogens is 1. The Labute approximate surface area is 162 Å². The lowest BCUT2D eigenvalue weighted by molar-refractivity contribution is -0.123. The minimum atomic E-state index is -1.08. The molecule has 2 aromatic rings. The molecule has 0 spiro atoms. The Morgan fingerprint density at radius 2 is 2.00 bits per heavy atom. The maximum atomic E-state index is 12.5. The second kappa shape index (κ2) is 8.69. The Morgan fingerprint density at radius 1 is 1.33 bits per heavy atom. The lowest BCUT2D eigenvalue weighted by atomic mass is 10.2. The van der Waals surface area contributed by atoms with E-state index < -0.39 is 18.0 Å². The number of esters is 1. The van der Waals surface area contributed by atoms with Crippen molar-refractivity contribution in [3.8, 4) is 6.07 Å². The molecule has 0 fully saturated rings. The zero-order chi connectivity index (χ0) is 20.1. The minimum Gasteiger partial charge on any atom is -0.449 e. The summed E-state index contributed by atoms with van der Waals surface area (Å²) in [7, 11) is 0. The summed E-state index contributed by atoms with van der Waals surface area (Å²) in [6, 6.07) is 8.56. The van der Waals surface area contributed by atoms with Crippen molar-refractivity contribution in [1.82, 2.24) is 9.78 Å². The summed E-state index contributed by atoms with van der Waals surface area (Å²) in [5, 5.41) is 16.1. The van der Waals surface area contributed by atoms with E-state index in [1.165, 1.54) is 6.92 Å². The van der Waals surface area contributed by atoms with Crippen molar-refractivity contribution in [2.45, 2.75) is 40.3 Å². The standard InChI is InChI=1S/C19H21ClN4O3/c1-11(2)10-24-17(20)16(12(3)23-24)19(26)27-13(4)18(25)22-15-8-6-5-7-14(15)9-21/h5-8,11,13H,10H2,1-4H3,(H,22,25)/t13-/m1/s1.